The molecule has 2 saturated heterocycles. The topological polar surface area (TPSA) is 142 Å². The fourth-order valence-corrected chi connectivity index (χ4v) is 5.33. The zero-order valence-corrected chi connectivity index (χ0v) is 21.0. The van der Waals surface area contributed by atoms with Crippen LogP contribution >= 0.6 is 0 Å². The summed E-state index contributed by atoms with van der Waals surface area (Å²) in [6.07, 6.45) is 3.58. The van der Waals surface area contributed by atoms with Crippen LogP contribution < -0.4 is 15.5 Å². The second kappa shape index (κ2) is 10.1. The van der Waals surface area contributed by atoms with Gasteiger partial charge in [0.25, 0.3) is 5.78 Å². The van der Waals surface area contributed by atoms with Gasteiger partial charge in [-0.3, -0.25) is 4.90 Å². The molecule has 2 aliphatic rings. The minimum Gasteiger partial charge on any atom is -0.478 e. The number of piperazine rings is 1. The number of benzene rings is 1. The first-order valence-electron chi connectivity index (χ1n) is 12.7. The molecule has 2 fully saturated rings. The van der Waals surface area contributed by atoms with Crippen molar-refractivity contribution in [2.75, 3.05) is 61.3 Å². The Morgan fingerprint density at radius 1 is 1.05 bits per heavy atom. The van der Waals surface area contributed by atoms with E-state index in [1.165, 1.54) is 10.6 Å². The Morgan fingerprint density at radius 2 is 1.87 bits per heavy atom. The molecular formula is C25H27F2N9O3. The number of aromatic nitrogens is 5. The highest BCUT2D eigenvalue weighted by Gasteiger charge is 2.28. The third-order valence-corrected chi connectivity index (χ3v) is 7.29. The lowest BCUT2D eigenvalue weighted by atomic mass is 9.97. The molecule has 1 atom stereocenters. The fourth-order valence-electron chi connectivity index (χ4n) is 5.33. The van der Waals surface area contributed by atoms with Gasteiger partial charge in [-0.25, -0.2) is 13.6 Å². The van der Waals surface area contributed by atoms with Gasteiger partial charge in [0, 0.05) is 45.8 Å². The van der Waals surface area contributed by atoms with E-state index in [4.69, 9.17) is 15.3 Å². The summed E-state index contributed by atoms with van der Waals surface area (Å²) in [4.78, 5) is 30.8. The zero-order chi connectivity index (χ0) is 27.1. The number of nitrogens with zero attached hydrogens (tertiary/aromatic N) is 8. The molecule has 14 heteroatoms. The summed E-state index contributed by atoms with van der Waals surface area (Å²) in [6.45, 7) is 4.80. The third kappa shape index (κ3) is 4.82. The molecule has 6 rings (SSSR count). The van der Waals surface area contributed by atoms with Crippen LogP contribution in [0.5, 0.6) is 0 Å². The Balaban J connectivity index is 1.09. The number of furan rings is 1. The lowest BCUT2D eigenvalue weighted by Gasteiger charge is -2.40. The van der Waals surface area contributed by atoms with Gasteiger partial charge in [-0.2, -0.15) is 19.5 Å². The van der Waals surface area contributed by atoms with Crippen LogP contribution in [0.1, 0.15) is 23.2 Å². The van der Waals surface area contributed by atoms with Crippen molar-refractivity contribution in [2.24, 2.45) is 5.92 Å². The average Bonchev–Trinajstić information content (AvgIpc) is 3.61. The summed E-state index contributed by atoms with van der Waals surface area (Å²) in [5.74, 6) is -1.61. The molecule has 12 nitrogen and oxygen atoms in total. The van der Waals surface area contributed by atoms with Crippen LogP contribution in [0.2, 0.25) is 0 Å². The standard InChI is InChI=1S/C25H27F2N9O3/c26-19-16(22(37)38)5-6-17(20(19)27)34-10-8-33(9-11-34)13-15-3-1-7-35(14-15)24-30-23(28)36-25(31-24)29-21(32-36)18-4-2-12-39-18/h2,4-6,12,15H,1,3,7-11,13-14H2,(H,37,38)(H2,28,29,30,31,32)/t15-/m0/s1. The van der Waals surface area contributed by atoms with Gasteiger partial charge in [0.15, 0.2) is 17.4 Å². The van der Waals surface area contributed by atoms with E-state index in [0.717, 1.165) is 38.5 Å². The van der Waals surface area contributed by atoms with Gasteiger partial charge in [0.05, 0.1) is 17.5 Å². The minimum absolute atomic E-state index is 0.0924. The molecule has 4 aromatic rings. The highest BCUT2D eigenvalue weighted by atomic mass is 19.2. The van der Waals surface area contributed by atoms with Gasteiger partial charge < -0.3 is 25.1 Å². The molecular weight excluding hydrogens is 512 g/mol. The Labute approximate surface area is 221 Å². The van der Waals surface area contributed by atoms with Crippen LogP contribution in [-0.2, 0) is 0 Å². The van der Waals surface area contributed by atoms with Crippen molar-refractivity contribution in [1.82, 2.24) is 29.5 Å². The van der Waals surface area contributed by atoms with Gasteiger partial charge in [0.2, 0.25) is 17.7 Å². The molecule has 3 aromatic heterocycles. The summed E-state index contributed by atoms with van der Waals surface area (Å²) < 4.78 is 35.5. The van der Waals surface area contributed by atoms with Crippen molar-refractivity contribution < 1.29 is 23.1 Å². The zero-order valence-electron chi connectivity index (χ0n) is 21.0. The molecule has 3 N–H and O–H groups in total. The molecule has 1 aromatic carbocycles. The monoisotopic (exact) mass is 539 g/mol. The number of nitrogen functional groups attached to an aromatic ring is 1. The molecule has 204 valence electrons. The van der Waals surface area contributed by atoms with Crippen molar-refractivity contribution in [2.45, 2.75) is 12.8 Å². The van der Waals surface area contributed by atoms with E-state index in [0.29, 0.717) is 55.4 Å². The third-order valence-electron chi connectivity index (χ3n) is 7.29. The summed E-state index contributed by atoms with van der Waals surface area (Å²) in [5.41, 5.74) is 5.61. The van der Waals surface area contributed by atoms with Gasteiger partial charge in [-0.15, -0.1) is 5.10 Å². The lowest BCUT2D eigenvalue weighted by molar-refractivity contribution is 0.0690. The number of aromatic carboxylic acids is 1. The molecule has 0 bridgehead atoms. The first-order chi connectivity index (χ1) is 18.9. The van der Waals surface area contributed by atoms with Crippen molar-refractivity contribution in [3.05, 3.63) is 47.7 Å². The van der Waals surface area contributed by atoms with Crippen molar-refractivity contribution >= 4 is 29.3 Å². The van der Waals surface area contributed by atoms with E-state index in [-0.39, 0.29) is 11.6 Å². The van der Waals surface area contributed by atoms with Crippen LogP contribution in [-0.4, -0.2) is 86.4 Å². The number of anilines is 3. The van der Waals surface area contributed by atoms with Gasteiger partial charge in [0.1, 0.15) is 0 Å². The summed E-state index contributed by atoms with van der Waals surface area (Å²) in [7, 11) is 0. The van der Waals surface area contributed by atoms with E-state index in [9.17, 15) is 13.6 Å². The molecule has 0 saturated carbocycles. The van der Waals surface area contributed by atoms with Crippen LogP contribution in [0.4, 0.5) is 26.4 Å². The molecule has 0 amide bonds. The Kier molecular flexibility index (Phi) is 6.46. The van der Waals surface area contributed by atoms with E-state index in [2.05, 4.69) is 29.9 Å². The first kappa shape index (κ1) is 25.0. The Morgan fingerprint density at radius 3 is 2.62 bits per heavy atom. The Bertz CT molecular complexity index is 1500. The van der Waals surface area contributed by atoms with E-state index in [1.807, 2.05) is 0 Å². The highest BCUT2D eigenvalue weighted by molar-refractivity contribution is 5.88. The van der Waals surface area contributed by atoms with Gasteiger partial charge in [-0.05, 0) is 43.0 Å². The second-order valence-electron chi connectivity index (χ2n) is 9.81. The van der Waals surface area contributed by atoms with E-state index >= 15 is 0 Å². The predicted octanol–water partition coefficient (Wildman–Crippen LogP) is 2.38. The lowest BCUT2D eigenvalue weighted by Crippen LogP contribution is -2.50. The number of fused-ring (bicyclic) bond motifs is 1. The minimum atomic E-state index is -1.49. The van der Waals surface area contributed by atoms with E-state index < -0.39 is 23.2 Å². The van der Waals surface area contributed by atoms with Crippen LogP contribution in [0.15, 0.2) is 34.9 Å². The molecule has 0 spiro atoms. The number of halogens is 2. The number of nitrogens with two attached hydrogens (primary N) is 1. The van der Waals surface area contributed by atoms with Crippen molar-refractivity contribution in [3.63, 3.8) is 0 Å². The molecule has 39 heavy (non-hydrogen) atoms. The maximum atomic E-state index is 14.5. The normalized spacial score (nSPS) is 18.7. The summed E-state index contributed by atoms with van der Waals surface area (Å²) in [5, 5.41) is 13.4. The maximum Gasteiger partial charge on any atom is 0.338 e. The van der Waals surface area contributed by atoms with Crippen LogP contribution in [0.3, 0.4) is 0 Å². The van der Waals surface area contributed by atoms with Crippen molar-refractivity contribution in [1.29, 1.82) is 0 Å². The predicted molar refractivity (Wildman–Crippen MR) is 138 cm³/mol. The summed E-state index contributed by atoms with van der Waals surface area (Å²) >= 11 is 0. The average molecular weight is 540 g/mol. The molecule has 0 aliphatic carbocycles. The first-order valence-corrected chi connectivity index (χ1v) is 12.7. The number of carboxylic acid groups (broad SMARTS) is 1. The number of rotatable bonds is 6. The number of carbonyl (C=O) groups is 1. The SMILES string of the molecule is Nc1nc(N2CCC[C@@H](CN3CCN(c4ccc(C(=O)O)c(F)c4F)CC3)C2)nc2nc(-c3ccco3)nn12. The smallest absolute Gasteiger partial charge is 0.338 e. The molecule has 0 unspecified atom stereocenters. The largest absolute Gasteiger partial charge is 0.478 e. The number of hydrogen-bond donors (Lipinski definition) is 2. The maximum absolute atomic E-state index is 14.5. The summed E-state index contributed by atoms with van der Waals surface area (Å²) in [6, 6.07) is 5.97. The van der Waals surface area contributed by atoms with Crippen LogP contribution in [0.25, 0.3) is 17.4 Å². The quantitative estimate of drug-likeness (QED) is 0.373. The van der Waals surface area contributed by atoms with Gasteiger partial charge in [-0.1, -0.05) is 0 Å². The second-order valence-corrected chi connectivity index (χ2v) is 9.81. The van der Waals surface area contributed by atoms with Crippen LogP contribution in [0, 0.1) is 17.6 Å². The molecule has 5 heterocycles. The number of carboxylic acids is 1. The molecule has 2 aliphatic heterocycles. The Hall–Kier alpha value is -4.33. The van der Waals surface area contributed by atoms with Crippen molar-refractivity contribution in [3.8, 4) is 11.6 Å². The highest BCUT2D eigenvalue weighted by Crippen LogP contribution is 2.27. The van der Waals surface area contributed by atoms with Gasteiger partial charge >= 0.3 is 5.97 Å². The van der Waals surface area contributed by atoms with E-state index in [1.54, 1.807) is 23.3 Å². The number of hydrogen-bond acceptors (Lipinski definition) is 10. The molecule has 0 radical (unpaired) electrons. The number of piperidine rings is 1. The fraction of sp³-hybridized carbons (Fsp3) is 0.400.